The van der Waals surface area contributed by atoms with Gasteiger partial charge in [-0.05, 0) is 19.4 Å². The molecule has 1 atom stereocenters. The standard InChI is InChI=1S/C17H20N2O5S/c1-2-24-15(21)14-13(11-5-3-4-6-12(11)25-14)18-16(22)19-8-7-17(23,9-19)10-20/h3-6,20,23H,2,7-10H2,1H3,(H,18,22)/t17-/m1/s1. The van der Waals surface area contributed by atoms with E-state index in [9.17, 15) is 19.8 Å². The molecule has 3 N–H and O–H groups in total. The molecule has 1 aromatic carbocycles. The Morgan fingerprint density at radius 3 is 2.84 bits per heavy atom. The first-order chi connectivity index (χ1) is 12.0. The van der Waals surface area contributed by atoms with Crippen molar-refractivity contribution in [1.29, 1.82) is 0 Å². The van der Waals surface area contributed by atoms with Crippen molar-refractivity contribution in [2.75, 3.05) is 31.6 Å². The Labute approximate surface area is 148 Å². The predicted octanol–water partition coefficient (Wildman–Crippen LogP) is 2.04. The van der Waals surface area contributed by atoms with Crippen molar-refractivity contribution in [3.05, 3.63) is 29.1 Å². The molecule has 8 heteroatoms. The van der Waals surface area contributed by atoms with E-state index in [4.69, 9.17) is 4.74 Å². The largest absolute Gasteiger partial charge is 0.462 e. The van der Waals surface area contributed by atoms with Gasteiger partial charge in [-0.15, -0.1) is 11.3 Å². The molecule has 2 aromatic rings. The Morgan fingerprint density at radius 2 is 2.16 bits per heavy atom. The first kappa shape index (κ1) is 17.7. The minimum Gasteiger partial charge on any atom is -0.462 e. The van der Waals surface area contributed by atoms with Gasteiger partial charge in [-0.1, -0.05) is 18.2 Å². The normalized spacial score (nSPS) is 20.0. The van der Waals surface area contributed by atoms with Gasteiger partial charge in [0.2, 0.25) is 0 Å². The maximum absolute atomic E-state index is 12.6. The van der Waals surface area contributed by atoms with Crippen LogP contribution in [0, 0.1) is 0 Å². The van der Waals surface area contributed by atoms with Gasteiger partial charge in [0.15, 0.2) is 0 Å². The average Bonchev–Trinajstić information content (AvgIpc) is 3.17. The average molecular weight is 364 g/mol. The summed E-state index contributed by atoms with van der Waals surface area (Å²) in [6.07, 6.45) is 0.312. The Balaban J connectivity index is 1.88. The van der Waals surface area contributed by atoms with E-state index in [0.717, 1.165) is 10.1 Å². The molecule has 0 aliphatic carbocycles. The number of ether oxygens (including phenoxy) is 1. The second kappa shape index (κ2) is 6.99. The third-order valence-electron chi connectivity index (χ3n) is 4.20. The predicted molar refractivity (Wildman–Crippen MR) is 95.0 cm³/mol. The van der Waals surface area contributed by atoms with Crippen molar-refractivity contribution in [1.82, 2.24) is 4.90 Å². The van der Waals surface area contributed by atoms with Gasteiger partial charge in [-0.25, -0.2) is 9.59 Å². The Hall–Kier alpha value is -2.16. The minimum absolute atomic E-state index is 0.0478. The lowest BCUT2D eigenvalue weighted by molar-refractivity contribution is -0.00246. The van der Waals surface area contributed by atoms with Crippen LogP contribution in [-0.4, -0.2) is 59.0 Å². The number of urea groups is 1. The summed E-state index contributed by atoms with van der Waals surface area (Å²) in [7, 11) is 0. The second-order valence-corrected chi connectivity index (χ2v) is 7.06. The number of benzene rings is 1. The number of esters is 1. The minimum atomic E-state index is -1.27. The third-order valence-corrected chi connectivity index (χ3v) is 5.35. The highest BCUT2D eigenvalue weighted by molar-refractivity contribution is 7.21. The maximum atomic E-state index is 12.6. The van der Waals surface area contributed by atoms with E-state index in [0.29, 0.717) is 23.5 Å². The van der Waals surface area contributed by atoms with Crippen LogP contribution < -0.4 is 5.32 Å². The molecule has 25 heavy (non-hydrogen) atoms. The first-order valence-electron chi connectivity index (χ1n) is 8.05. The third kappa shape index (κ3) is 3.46. The summed E-state index contributed by atoms with van der Waals surface area (Å²) in [6, 6.07) is 6.98. The zero-order valence-electron chi connectivity index (χ0n) is 13.8. The number of nitrogens with one attached hydrogen (secondary N) is 1. The topological polar surface area (TPSA) is 99.1 Å². The monoisotopic (exact) mass is 364 g/mol. The molecule has 0 radical (unpaired) electrons. The molecule has 0 spiro atoms. The van der Waals surface area contributed by atoms with Crippen LogP contribution in [-0.2, 0) is 4.74 Å². The molecule has 1 aliphatic heterocycles. The van der Waals surface area contributed by atoms with Crippen molar-refractivity contribution in [3.63, 3.8) is 0 Å². The molecule has 2 heterocycles. The highest BCUT2D eigenvalue weighted by atomic mass is 32.1. The van der Waals surface area contributed by atoms with E-state index in [1.165, 1.54) is 16.2 Å². The van der Waals surface area contributed by atoms with Gasteiger partial charge in [0.05, 0.1) is 25.4 Å². The number of carbonyl (C=O) groups is 2. The van der Waals surface area contributed by atoms with Crippen molar-refractivity contribution in [2.24, 2.45) is 0 Å². The van der Waals surface area contributed by atoms with E-state index in [-0.39, 0.29) is 13.2 Å². The Morgan fingerprint density at radius 1 is 1.40 bits per heavy atom. The van der Waals surface area contributed by atoms with E-state index in [1.807, 2.05) is 24.3 Å². The molecular formula is C17H20N2O5S. The smallest absolute Gasteiger partial charge is 0.350 e. The maximum Gasteiger partial charge on any atom is 0.350 e. The number of rotatable bonds is 4. The van der Waals surface area contributed by atoms with E-state index < -0.39 is 24.2 Å². The Kier molecular flexibility index (Phi) is 4.94. The molecule has 0 bridgehead atoms. The number of carbonyl (C=O) groups excluding carboxylic acids is 2. The SMILES string of the molecule is CCOC(=O)c1sc2ccccc2c1NC(=O)N1CC[C@](O)(CO)C1. The number of likely N-dealkylation sites (tertiary alicyclic amines) is 1. The molecule has 0 unspecified atom stereocenters. The number of hydrogen-bond donors (Lipinski definition) is 3. The van der Waals surface area contributed by atoms with Crippen LogP contribution >= 0.6 is 11.3 Å². The molecule has 1 fully saturated rings. The molecule has 3 rings (SSSR count). The van der Waals surface area contributed by atoms with Crippen LogP contribution in [0.2, 0.25) is 0 Å². The lowest BCUT2D eigenvalue weighted by atomic mass is 10.1. The molecule has 134 valence electrons. The van der Waals surface area contributed by atoms with Crippen molar-refractivity contribution < 1.29 is 24.5 Å². The number of hydrogen-bond acceptors (Lipinski definition) is 6. The van der Waals surface area contributed by atoms with Gasteiger partial charge in [0, 0.05) is 16.6 Å². The van der Waals surface area contributed by atoms with E-state index in [1.54, 1.807) is 6.92 Å². The summed E-state index contributed by atoms with van der Waals surface area (Å²) in [5.74, 6) is -0.479. The summed E-state index contributed by atoms with van der Waals surface area (Å²) < 4.78 is 5.96. The molecule has 2 amide bonds. The molecule has 1 aromatic heterocycles. The van der Waals surface area contributed by atoms with E-state index >= 15 is 0 Å². The van der Waals surface area contributed by atoms with Crippen LogP contribution in [0.1, 0.15) is 23.0 Å². The van der Waals surface area contributed by atoms with Gasteiger partial charge >= 0.3 is 12.0 Å². The lowest BCUT2D eigenvalue weighted by Crippen LogP contribution is -2.40. The van der Waals surface area contributed by atoms with Crippen molar-refractivity contribution in [3.8, 4) is 0 Å². The van der Waals surface area contributed by atoms with E-state index in [2.05, 4.69) is 5.32 Å². The number of anilines is 1. The zero-order chi connectivity index (χ0) is 18.0. The fourth-order valence-corrected chi connectivity index (χ4v) is 3.91. The van der Waals surface area contributed by atoms with Gasteiger partial charge < -0.3 is 25.2 Å². The number of aliphatic hydroxyl groups excluding tert-OH is 1. The van der Waals surface area contributed by atoms with Crippen LogP contribution in [0.3, 0.4) is 0 Å². The van der Waals surface area contributed by atoms with Gasteiger partial charge in [-0.3, -0.25) is 0 Å². The van der Waals surface area contributed by atoms with Gasteiger partial charge in [0.1, 0.15) is 10.5 Å². The van der Waals surface area contributed by atoms with Crippen LogP contribution in [0.5, 0.6) is 0 Å². The van der Waals surface area contributed by atoms with Gasteiger partial charge in [0.25, 0.3) is 0 Å². The zero-order valence-corrected chi connectivity index (χ0v) is 14.6. The molecule has 1 aliphatic rings. The summed E-state index contributed by atoms with van der Waals surface area (Å²) >= 11 is 1.26. The highest BCUT2D eigenvalue weighted by Crippen LogP contribution is 2.36. The van der Waals surface area contributed by atoms with Gasteiger partial charge in [-0.2, -0.15) is 0 Å². The summed E-state index contributed by atoms with van der Waals surface area (Å²) in [5.41, 5.74) is -0.846. The van der Waals surface area contributed by atoms with Crippen LogP contribution in [0.4, 0.5) is 10.5 Å². The van der Waals surface area contributed by atoms with Crippen LogP contribution in [0.25, 0.3) is 10.1 Å². The summed E-state index contributed by atoms with van der Waals surface area (Å²) in [4.78, 5) is 26.6. The van der Waals surface area contributed by atoms with Crippen molar-refractivity contribution >= 4 is 39.1 Å². The molecule has 1 saturated heterocycles. The number of β-amino-alcohol motifs (C(OH)–C–C–N with tert-alkyl or cyclic N) is 1. The number of fused-ring (bicyclic) bond motifs is 1. The number of thiophene rings is 1. The number of nitrogens with zero attached hydrogens (tertiary/aromatic N) is 1. The van der Waals surface area contributed by atoms with Crippen LogP contribution in [0.15, 0.2) is 24.3 Å². The quantitative estimate of drug-likeness (QED) is 0.721. The fourth-order valence-electron chi connectivity index (χ4n) is 2.85. The first-order valence-corrected chi connectivity index (χ1v) is 8.87. The second-order valence-electron chi connectivity index (χ2n) is 6.01. The Bertz CT molecular complexity index is 805. The fraction of sp³-hybridized carbons (Fsp3) is 0.412. The van der Waals surface area contributed by atoms with Crippen molar-refractivity contribution in [2.45, 2.75) is 18.9 Å². The number of amides is 2. The highest BCUT2D eigenvalue weighted by Gasteiger charge is 2.38. The summed E-state index contributed by atoms with van der Waals surface area (Å²) in [5, 5.41) is 22.9. The molecular weight excluding hydrogens is 344 g/mol. The lowest BCUT2D eigenvalue weighted by Gasteiger charge is -2.21. The molecule has 0 saturated carbocycles. The molecule has 7 nitrogen and oxygen atoms in total. The summed E-state index contributed by atoms with van der Waals surface area (Å²) in [6.45, 7) is 1.96. The number of aliphatic hydroxyl groups is 2.